The van der Waals surface area contributed by atoms with Crippen LogP contribution in [0.15, 0.2) is 18.2 Å². The molecule has 0 radical (unpaired) electrons. The Morgan fingerprint density at radius 1 is 1.50 bits per heavy atom. The second-order valence-electron chi connectivity index (χ2n) is 4.32. The number of anilines is 1. The number of benzene rings is 1. The standard InChI is InChI=1S/C13H19N3O4/c1-4-20-10-5-6-11(12(7-10)16(18)19)15-13(17)9(2)8-14-3/h5-7,9,14H,4,8H2,1-3H3,(H,15,17). The topological polar surface area (TPSA) is 93.5 Å². The van der Waals surface area contributed by atoms with E-state index < -0.39 is 4.92 Å². The van der Waals surface area contributed by atoms with Crippen molar-refractivity contribution < 1.29 is 14.5 Å². The number of nitrogens with one attached hydrogen (secondary N) is 2. The molecule has 0 bridgehead atoms. The molecule has 0 aliphatic carbocycles. The minimum atomic E-state index is -0.541. The van der Waals surface area contributed by atoms with Crippen molar-refractivity contribution in [3.05, 3.63) is 28.3 Å². The summed E-state index contributed by atoms with van der Waals surface area (Å²) in [5, 5.41) is 16.5. The van der Waals surface area contributed by atoms with E-state index in [1.165, 1.54) is 12.1 Å². The summed E-state index contributed by atoms with van der Waals surface area (Å²) in [5.74, 6) is -0.154. The Labute approximate surface area is 117 Å². The minimum absolute atomic E-state index is 0.173. The van der Waals surface area contributed by atoms with E-state index >= 15 is 0 Å². The number of rotatable bonds is 7. The molecule has 110 valence electrons. The number of nitro benzene ring substituents is 1. The van der Waals surface area contributed by atoms with Crippen molar-refractivity contribution in [2.75, 3.05) is 25.5 Å². The Kier molecular flexibility index (Phi) is 5.92. The molecular weight excluding hydrogens is 262 g/mol. The predicted octanol–water partition coefficient (Wildman–Crippen LogP) is 1.79. The first-order valence-corrected chi connectivity index (χ1v) is 6.36. The van der Waals surface area contributed by atoms with Gasteiger partial charge in [0.05, 0.1) is 17.6 Å². The third kappa shape index (κ3) is 4.20. The number of amides is 1. The van der Waals surface area contributed by atoms with Crippen LogP contribution < -0.4 is 15.4 Å². The molecule has 1 atom stereocenters. The summed E-state index contributed by atoms with van der Waals surface area (Å²) in [4.78, 5) is 22.4. The van der Waals surface area contributed by atoms with Gasteiger partial charge in [-0.2, -0.15) is 0 Å². The van der Waals surface area contributed by atoms with Gasteiger partial charge in [-0.05, 0) is 26.1 Å². The summed E-state index contributed by atoms with van der Waals surface area (Å²) >= 11 is 0. The minimum Gasteiger partial charge on any atom is -0.494 e. The lowest BCUT2D eigenvalue weighted by atomic mass is 10.1. The third-order valence-electron chi connectivity index (χ3n) is 2.69. The molecule has 0 aliphatic heterocycles. The van der Waals surface area contributed by atoms with Crippen molar-refractivity contribution >= 4 is 17.3 Å². The van der Waals surface area contributed by atoms with Crippen molar-refractivity contribution in [1.82, 2.24) is 5.32 Å². The average Bonchev–Trinajstić information content (AvgIpc) is 2.40. The fraction of sp³-hybridized carbons (Fsp3) is 0.462. The van der Waals surface area contributed by atoms with Crippen LogP contribution in [0.3, 0.4) is 0 Å². The molecule has 0 saturated carbocycles. The highest BCUT2D eigenvalue weighted by Gasteiger charge is 2.19. The molecule has 0 aromatic heterocycles. The molecule has 7 nitrogen and oxygen atoms in total. The van der Waals surface area contributed by atoms with E-state index in [2.05, 4.69) is 10.6 Å². The smallest absolute Gasteiger partial charge is 0.296 e. The van der Waals surface area contributed by atoms with Gasteiger partial charge in [0, 0.05) is 12.5 Å². The normalized spacial score (nSPS) is 11.8. The summed E-state index contributed by atoms with van der Waals surface area (Å²) in [6.45, 7) is 4.45. The maximum Gasteiger partial charge on any atom is 0.296 e. The zero-order valence-corrected chi connectivity index (χ0v) is 11.8. The van der Waals surface area contributed by atoms with E-state index in [-0.39, 0.29) is 23.2 Å². The largest absolute Gasteiger partial charge is 0.494 e. The molecule has 1 aromatic carbocycles. The Bertz CT molecular complexity index is 491. The van der Waals surface area contributed by atoms with Crippen LogP contribution in [0.25, 0.3) is 0 Å². The number of carbonyl (C=O) groups excluding carboxylic acids is 1. The molecule has 20 heavy (non-hydrogen) atoms. The van der Waals surface area contributed by atoms with E-state index in [0.717, 1.165) is 0 Å². The second-order valence-corrected chi connectivity index (χ2v) is 4.32. The van der Waals surface area contributed by atoms with Gasteiger partial charge in [0.15, 0.2) is 0 Å². The van der Waals surface area contributed by atoms with Crippen LogP contribution in [-0.2, 0) is 4.79 Å². The van der Waals surface area contributed by atoms with Crippen LogP contribution in [0.1, 0.15) is 13.8 Å². The number of carbonyl (C=O) groups is 1. The van der Waals surface area contributed by atoms with Gasteiger partial charge >= 0.3 is 0 Å². The summed E-state index contributed by atoms with van der Waals surface area (Å²) < 4.78 is 5.22. The summed E-state index contributed by atoms with van der Waals surface area (Å²) in [6, 6.07) is 4.38. The molecule has 7 heteroatoms. The monoisotopic (exact) mass is 281 g/mol. The fourth-order valence-corrected chi connectivity index (χ4v) is 1.68. The van der Waals surface area contributed by atoms with Crippen LogP contribution in [0.5, 0.6) is 5.75 Å². The average molecular weight is 281 g/mol. The van der Waals surface area contributed by atoms with E-state index in [1.54, 1.807) is 27.0 Å². The van der Waals surface area contributed by atoms with Crippen LogP contribution >= 0.6 is 0 Å². The first kappa shape index (κ1) is 15.9. The van der Waals surface area contributed by atoms with E-state index in [1.807, 2.05) is 0 Å². The van der Waals surface area contributed by atoms with Crippen molar-refractivity contribution in [3.63, 3.8) is 0 Å². The molecule has 1 aromatic rings. The Morgan fingerprint density at radius 2 is 2.20 bits per heavy atom. The molecule has 1 amide bonds. The van der Waals surface area contributed by atoms with Gasteiger partial charge in [-0.25, -0.2) is 0 Å². The van der Waals surface area contributed by atoms with Gasteiger partial charge < -0.3 is 15.4 Å². The lowest BCUT2D eigenvalue weighted by Gasteiger charge is -2.12. The number of nitro groups is 1. The molecule has 2 N–H and O–H groups in total. The van der Waals surface area contributed by atoms with Crippen LogP contribution in [0, 0.1) is 16.0 Å². The van der Waals surface area contributed by atoms with Gasteiger partial charge in [-0.15, -0.1) is 0 Å². The summed E-state index contributed by atoms with van der Waals surface area (Å²) in [5.41, 5.74) is -0.00707. The van der Waals surface area contributed by atoms with Gasteiger partial charge in [0.1, 0.15) is 11.4 Å². The van der Waals surface area contributed by atoms with Crippen molar-refractivity contribution in [2.45, 2.75) is 13.8 Å². The maximum atomic E-state index is 11.9. The fourth-order valence-electron chi connectivity index (χ4n) is 1.68. The first-order valence-electron chi connectivity index (χ1n) is 6.36. The molecule has 0 heterocycles. The van der Waals surface area contributed by atoms with Crippen LogP contribution in [0.2, 0.25) is 0 Å². The molecule has 0 aliphatic rings. The number of ether oxygens (including phenoxy) is 1. The highest BCUT2D eigenvalue weighted by Crippen LogP contribution is 2.29. The summed E-state index contributed by atoms with van der Waals surface area (Å²) in [7, 11) is 1.74. The Morgan fingerprint density at radius 3 is 2.75 bits per heavy atom. The van der Waals surface area contributed by atoms with Crippen LogP contribution in [0.4, 0.5) is 11.4 Å². The highest BCUT2D eigenvalue weighted by molar-refractivity contribution is 5.94. The zero-order chi connectivity index (χ0) is 15.1. The van der Waals surface area contributed by atoms with Gasteiger partial charge in [-0.3, -0.25) is 14.9 Å². The molecule has 0 spiro atoms. The van der Waals surface area contributed by atoms with E-state index in [0.29, 0.717) is 18.9 Å². The molecule has 1 rings (SSSR count). The van der Waals surface area contributed by atoms with Crippen molar-refractivity contribution in [1.29, 1.82) is 0 Å². The van der Waals surface area contributed by atoms with Crippen LogP contribution in [-0.4, -0.2) is 31.0 Å². The third-order valence-corrected chi connectivity index (χ3v) is 2.69. The number of nitrogens with zero attached hydrogens (tertiary/aromatic N) is 1. The highest BCUT2D eigenvalue weighted by atomic mass is 16.6. The van der Waals surface area contributed by atoms with Crippen molar-refractivity contribution in [2.24, 2.45) is 5.92 Å². The van der Waals surface area contributed by atoms with Crippen molar-refractivity contribution in [3.8, 4) is 5.75 Å². The zero-order valence-electron chi connectivity index (χ0n) is 11.8. The van der Waals surface area contributed by atoms with E-state index in [9.17, 15) is 14.9 Å². The van der Waals surface area contributed by atoms with Gasteiger partial charge in [0.25, 0.3) is 5.69 Å². The second kappa shape index (κ2) is 7.44. The lowest BCUT2D eigenvalue weighted by molar-refractivity contribution is -0.384. The lowest BCUT2D eigenvalue weighted by Crippen LogP contribution is -2.28. The van der Waals surface area contributed by atoms with E-state index in [4.69, 9.17) is 4.74 Å². The number of hydrogen-bond donors (Lipinski definition) is 2. The predicted molar refractivity (Wildman–Crippen MR) is 76.0 cm³/mol. The molecule has 0 saturated heterocycles. The Balaban J connectivity index is 2.94. The quantitative estimate of drug-likeness (QED) is 0.587. The Hall–Kier alpha value is -2.15. The first-order chi connectivity index (χ1) is 9.49. The van der Waals surface area contributed by atoms with Gasteiger partial charge in [0.2, 0.25) is 5.91 Å². The van der Waals surface area contributed by atoms with Gasteiger partial charge in [-0.1, -0.05) is 6.92 Å². The number of hydrogen-bond acceptors (Lipinski definition) is 5. The maximum absolute atomic E-state index is 11.9. The molecular formula is C13H19N3O4. The summed E-state index contributed by atoms with van der Waals surface area (Å²) in [6.07, 6.45) is 0. The SMILES string of the molecule is CCOc1ccc(NC(=O)C(C)CNC)c([N+](=O)[O-])c1. The molecule has 0 fully saturated rings. The molecule has 1 unspecified atom stereocenters.